The van der Waals surface area contributed by atoms with Crippen LogP contribution < -0.4 is 10.0 Å². The first-order valence-electron chi connectivity index (χ1n) is 9.50. The molecule has 1 heterocycles. The molecule has 0 fully saturated rings. The number of carbonyl (C=O) groups is 1. The van der Waals surface area contributed by atoms with Gasteiger partial charge in [-0.15, -0.1) is 11.8 Å². The molecule has 0 bridgehead atoms. The van der Waals surface area contributed by atoms with E-state index in [0.717, 1.165) is 5.69 Å². The molecule has 1 aromatic heterocycles. The van der Waals surface area contributed by atoms with Gasteiger partial charge in [-0.05, 0) is 47.5 Å². The molecule has 6 nitrogen and oxygen atoms in total. The summed E-state index contributed by atoms with van der Waals surface area (Å²) in [5, 5.41) is 2.79. The predicted molar refractivity (Wildman–Crippen MR) is 119 cm³/mol. The summed E-state index contributed by atoms with van der Waals surface area (Å²) in [6, 6.07) is 17.7. The van der Waals surface area contributed by atoms with E-state index in [2.05, 4.69) is 15.0 Å². The Morgan fingerprint density at radius 2 is 1.74 bits per heavy atom. The van der Waals surface area contributed by atoms with Crippen LogP contribution in [0.15, 0.2) is 77.8 Å². The van der Waals surface area contributed by atoms with Crippen LogP contribution in [0.1, 0.15) is 16.8 Å². The lowest BCUT2D eigenvalue weighted by atomic mass is 10.2. The molecule has 0 spiro atoms. The van der Waals surface area contributed by atoms with Gasteiger partial charge in [0.2, 0.25) is 15.9 Å². The van der Waals surface area contributed by atoms with Crippen molar-refractivity contribution in [3.05, 3.63) is 95.6 Å². The Labute approximate surface area is 185 Å². The van der Waals surface area contributed by atoms with Crippen molar-refractivity contribution >= 4 is 27.7 Å². The minimum atomic E-state index is -3.77. The van der Waals surface area contributed by atoms with Crippen LogP contribution in [-0.2, 0) is 33.7 Å². The summed E-state index contributed by atoms with van der Waals surface area (Å²) in [6.45, 7) is 0.199. The van der Waals surface area contributed by atoms with Gasteiger partial charge in [0.05, 0.1) is 16.3 Å². The number of pyridine rings is 1. The quantitative estimate of drug-likeness (QED) is 0.486. The summed E-state index contributed by atoms with van der Waals surface area (Å²) in [6.07, 6.45) is 1.71. The van der Waals surface area contributed by atoms with Crippen molar-refractivity contribution in [3.8, 4) is 0 Å². The molecule has 0 saturated heterocycles. The fourth-order valence-corrected chi connectivity index (χ4v) is 4.57. The van der Waals surface area contributed by atoms with E-state index in [0.29, 0.717) is 16.9 Å². The van der Waals surface area contributed by atoms with E-state index in [-0.39, 0.29) is 29.6 Å². The van der Waals surface area contributed by atoms with Gasteiger partial charge in [0.15, 0.2) is 0 Å². The lowest BCUT2D eigenvalue weighted by molar-refractivity contribution is -0.118. The number of hydrogen-bond donors (Lipinski definition) is 2. The van der Waals surface area contributed by atoms with Gasteiger partial charge >= 0.3 is 0 Å². The third kappa shape index (κ3) is 7.46. The van der Waals surface area contributed by atoms with E-state index in [1.165, 1.54) is 42.1 Å². The molecule has 2 aromatic carbocycles. The molecular weight excluding hydrogens is 437 g/mol. The van der Waals surface area contributed by atoms with Gasteiger partial charge in [0.25, 0.3) is 0 Å². The second-order valence-electron chi connectivity index (χ2n) is 6.69. The molecule has 0 unspecified atom stereocenters. The summed E-state index contributed by atoms with van der Waals surface area (Å²) in [4.78, 5) is 16.4. The highest BCUT2D eigenvalue weighted by molar-refractivity contribution is 7.99. The average Bonchev–Trinajstić information content (AvgIpc) is 2.77. The van der Waals surface area contributed by atoms with Crippen molar-refractivity contribution in [2.24, 2.45) is 0 Å². The molecule has 162 valence electrons. The van der Waals surface area contributed by atoms with Crippen LogP contribution in [0.4, 0.5) is 4.39 Å². The normalized spacial score (nSPS) is 11.3. The highest BCUT2D eigenvalue weighted by Gasteiger charge is 2.14. The van der Waals surface area contributed by atoms with E-state index >= 15 is 0 Å². The Kier molecular flexibility index (Phi) is 8.16. The van der Waals surface area contributed by atoms with Crippen molar-refractivity contribution in [3.63, 3.8) is 0 Å². The van der Waals surface area contributed by atoms with Gasteiger partial charge in [-0.2, -0.15) is 0 Å². The first-order chi connectivity index (χ1) is 14.9. The molecule has 0 aliphatic rings. The van der Waals surface area contributed by atoms with Crippen LogP contribution in [-0.4, -0.2) is 25.1 Å². The summed E-state index contributed by atoms with van der Waals surface area (Å²) in [5.74, 6) is 0.356. The third-order valence-electron chi connectivity index (χ3n) is 4.26. The number of rotatable bonds is 10. The van der Waals surface area contributed by atoms with Gasteiger partial charge in [-0.3, -0.25) is 9.78 Å². The number of hydrogen-bond acceptors (Lipinski definition) is 5. The zero-order valence-corrected chi connectivity index (χ0v) is 18.3. The lowest BCUT2D eigenvalue weighted by Crippen LogP contribution is -2.25. The van der Waals surface area contributed by atoms with Crippen molar-refractivity contribution in [1.82, 2.24) is 15.0 Å². The second-order valence-corrected chi connectivity index (χ2v) is 9.45. The molecule has 3 rings (SSSR count). The topological polar surface area (TPSA) is 88.2 Å². The molecular formula is C22H22FN3O3S2. The zero-order chi connectivity index (χ0) is 22.1. The van der Waals surface area contributed by atoms with Crippen molar-refractivity contribution < 1.29 is 17.6 Å². The lowest BCUT2D eigenvalue weighted by Gasteiger charge is -2.10. The van der Waals surface area contributed by atoms with Gasteiger partial charge in [-0.25, -0.2) is 17.5 Å². The molecule has 3 aromatic rings. The fourth-order valence-electron chi connectivity index (χ4n) is 2.71. The number of thioether (sulfide) groups is 1. The smallest absolute Gasteiger partial charge is 0.240 e. The Morgan fingerprint density at radius 3 is 2.48 bits per heavy atom. The Balaban J connectivity index is 1.50. The molecule has 31 heavy (non-hydrogen) atoms. The van der Waals surface area contributed by atoms with E-state index in [4.69, 9.17) is 0 Å². The number of amides is 1. The minimum absolute atomic E-state index is 0.0193. The summed E-state index contributed by atoms with van der Waals surface area (Å²) < 4.78 is 40.8. The Morgan fingerprint density at radius 1 is 0.968 bits per heavy atom. The van der Waals surface area contributed by atoms with Crippen molar-refractivity contribution in [1.29, 1.82) is 0 Å². The van der Waals surface area contributed by atoms with Gasteiger partial charge < -0.3 is 5.32 Å². The molecule has 2 N–H and O–H groups in total. The number of aromatic nitrogens is 1. The highest BCUT2D eigenvalue weighted by Crippen LogP contribution is 2.13. The first kappa shape index (κ1) is 22.9. The Hall–Kier alpha value is -2.75. The summed E-state index contributed by atoms with van der Waals surface area (Å²) in [7, 11) is -3.77. The Bertz CT molecular complexity index is 1130. The second kappa shape index (κ2) is 11.0. The van der Waals surface area contributed by atoms with E-state index in [1.54, 1.807) is 24.4 Å². The molecule has 0 saturated carbocycles. The third-order valence-corrected chi connectivity index (χ3v) is 6.63. The average molecular weight is 460 g/mol. The van der Waals surface area contributed by atoms with Crippen LogP contribution in [0.25, 0.3) is 0 Å². The number of nitrogens with zero attached hydrogens (tertiary/aromatic N) is 1. The summed E-state index contributed by atoms with van der Waals surface area (Å²) in [5.41, 5.74) is 2.09. The molecule has 1 amide bonds. The SMILES string of the molecule is O=C(CSCc1ccccn1)NCc1cccc(S(=O)(=O)NCc2cccc(F)c2)c1. The van der Waals surface area contributed by atoms with Gasteiger partial charge in [0, 0.05) is 25.0 Å². The first-order valence-corrected chi connectivity index (χ1v) is 12.1. The number of sulfonamides is 1. The molecule has 0 aliphatic heterocycles. The van der Waals surface area contributed by atoms with Crippen LogP contribution in [0, 0.1) is 5.82 Å². The van der Waals surface area contributed by atoms with Crippen LogP contribution in [0.5, 0.6) is 0 Å². The number of nitrogens with one attached hydrogen (secondary N) is 2. The zero-order valence-electron chi connectivity index (χ0n) is 16.6. The van der Waals surface area contributed by atoms with Gasteiger partial charge in [-0.1, -0.05) is 30.3 Å². The fraction of sp³-hybridized carbons (Fsp3) is 0.182. The highest BCUT2D eigenvalue weighted by atomic mass is 32.2. The van der Waals surface area contributed by atoms with Gasteiger partial charge in [0.1, 0.15) is 5.82 Å². The monoisotopic (exact) mass is 459 g/mol. The molecule has 0 atom stereocenters. The molecule has 0 radical (unpaired) electrons. The maximum absolute atomic E-state index is 13.3. The molecule has 0 aliphatic carbocycles. The van der Waals surface area contributed by atoms with Crippen LogP contribution >= 0.6 is 11.8 Å². The van der Waals surface area contributed by atoms with E-state index in [9.17, 15) is 17.6 Å². The van der Waals surface area contributed by atoms with Crippen LogP contribution in [0.2, 0.25) is 0 Å². The predicted octanol–water partition coefficient (Wildman–Crippen LogP) is 3.25. The minimum Gasteiger partial charge on any atom is -0.351 e. The van der Waals surface area contributed by atoms with Crippen molar-refractivity contribution in [2.45, 2.75) is 23.7 Å². The number of halogens is 1. The standard InChI is InChI=1S/C22H22FN3O3S2/c23-19-7-3-5-17(11-19)14-26-31(28,29)21-9-4-6-18(12-21)13-25-22(27)16-30-15-20-8-1-2-10-24-20/h1-12,26H,13-16H2,(H,25,27). The van der Waals surface area contributed by atoms with E-state index in [1.807, 2.05) is 18.2 Å². The summed E-state index contributed by atoms with van der Waals surface area (Å²) >= 11 is 1.46. The molecule has 9 heteroatoms. The largest absolute Gasteiger partial charge is 0.351 e. The van der Waals surface area contributed by atoms with Crippen molar-refractivity contribution in [2.75, 3.05) is 5.75 Å². The number of carbonyl (C=O) groups excluding carboxylic acids is 1. The maximum atomic E-state index is 13.3. The van der Waals surface area contributed by atoms with E-state index < -0.39 is 15.8 Å². The van der Waals surface area contributed by atoms with Crippen LogP contribution in [0.3, 0.4) is 0 Å². The maximum Gasteiger partial charge on any atom is 0.240 e. The number of benzene rings is 2.